The zero-order chi connectivity index (χ0) is 10.0. The molecule has 70 valence electrons. The Morgan fingerprint density at radius 3 is 2.77 bits per heavy atom. The first-order chi connectivity index (χ1) is 6.06. The Bertz CT molecular complexity index is 360. The predicted octanol–water partition coefficient (Wildman–Crippen LogP) is 1.32. The highest BCUT2D eigenvalue weighted by molar-refractivity contribution is 7.81. The number of carbonyl (C=O) groups excluding carboxylic acids is 1. The Labute approximate surface area is 85.8 Å². The summed E-state index contributed by atoms with van der Waals surface area (Å²) in [6, 6.07) is 0. The topological polar surface area (TPSA) is 65.1 Å². The van der Waals surface area contributed by atoms with Gasteiger partial charge in [0.15, 0.2) is 0 Å². The summed E-state index contributed by atoms with van der Waals surface area (Å²) < 4.78 is 0. The molecule has 6 heteroatoms. The molecule has 0 spiro atoms. The van der Waals surface area contributed by atoms with E-state index in [9.17, 15) is 9.90 Å². The monoisotopic (exact) mass is 216 g/mol. The van der Waals surface area contributed by atoms with Crippen LogP contribution in [-0.2, 0) is 4.79 Å². The van der Waals surface area contributed by atoms with Gasteiger partial charge >= 0.3 is 0 Å². The molecule has 4 nitrogen and oxygen atoms in total. The van der Waals surface area contributed by atoms with Gasteiger partial charge in [0.1, 0.15) is 5.69 Å². The van der Waals surface area contributed by atoms with Crippen molar-refractivity contribution in [1.82, 2.24) is 4.98 Å². The van der Waals surface area contributed by atoms with Crippen LogP contribution in [0.3, 0.4) is 0 Å². The van der Waals surface area contributed by atoms with Crippen LogP contribution in [0.2, 0.25) is 0 Å². The lowest BCUT2D eigenvalue weighted by atomic mass is 10.4. The van der Waals surface area contributed by atoms with Crippen molar-refractivity contribution in [2.45, 2.75) is 11.8 Å². The molecule has 1 rings (SSSR count). The molecule has 0 saturated heterocycles. The third-order valence-electron chi connectivity index (χ3n) is 1.40. The molecule has 0 bridgehead atoms. The van der Waals surface area contributed by atoms with E-state index in [1.165, 1.54) is 12.3 Å². The SMILES string of the molecule is CC(=O)Nc1c(O)[nH]c(C=S)c1S. The Morgan fingerprint density at radius 2 is 2.38 bits per heavy atom. The van der Waals surface area contributed by atoms with E-state index in [2.05, 4.69) is 35.1 Å². The average Bonchev–Trinajstić information content (AvgIpc) is 2.31. The number of thiol groups is 1. The highest BCUT2D eigenvalue weighted by atomic mass is 32.1. The maximum Gasteiger partial charge on any atom is 0.221 e. The summed E-state index contributed by atoms with van der Waals surface area (Å²) in [7, 11) is 0. The van der Waals surface area contributed by atoms with Crippen LogP contribution in [0.4, 0.5) is 5.69 Å². The standard InChI is InChI=1S/C7H8N2O2S2/c1-3(10)8-5-6(13)4(2-12)9-7(5)11/h2,9,11,13H,1H3,(H,8,10). The number of aromatic amines is 1. The van der Waals surface area contributed by atoms with Crippen LogP contribution in [0.25, 0.3) is 0 Å². The van der Waals surface area contributed by atoms with E-state index in [0.717, 1.165) is 0 Å². The molecule has 1 aromatic heterocycles. The first kappa shape index (κ1) is 10.1. The van der Waals surface area contributed by atoms with Crippen LogP contribution in [-0.4, -0.2) is 21.4 Å². The number of aromatic nitrogens is 1. The maximum absolute atomic E-state index is 10.7. The maximum atomic E-state index is 10.7. The van der Waals surface area contributed by atoms with Crippen LogP contribution in [0.1, 0.15) is 12.6 Å². The summed E-state index contributed by atoms with van der Waals surface area (Å²) in [6.07, 6.45) is 0. The van der Waals surface area contributed by atoms with Gasteiger partial charge in [0.2, 0.25) is 11.8 Å². The number of rotatable bonds is 2. The Balaban J connectivity index is 3.12. The van der Waals surface area contributed by atoms with Gasteiger partial charge in [0, 0.05) is 12.3 Å². The smallest absolute Gasteiger partial charge is 0.221 e. The molecule has 1 heterocycles. The fourth-order valence-corrected chi connectivity index (χ4v) is 1.42. The highest BCUT2D eigenvalue weighted by Crippen LogP contribution is 2.32. The summed E-state index contributed by atoms with van der Waals surface area (Å²) in [5, 5.41) is 13.1. The first-order valence-electron chi connectivity index (χ1n) is 3.43. The van der Waals surface area contributed by atoms with Gasteiger partial charge < -0.3 is 15.4 Å². The number of hydrogen-bond donors (Lipinski definition) is 4. The van der Waals surface area contributed by atoms with Crippen molar-refractivity contribution in [3.05, 3.63) is 5.69 Å². The molecule has 0 unspecified atom stereocenters. The van der Waals surface area contributed by atoms with Crippen LogP contribution < -0.4 is 5.32 Å². The number of anilines is 1. The first-order valence-corrected chi connectivity index (χ1v) is 4.34. The molecule has 0 radical (unpaired) electrons. The van der Waals surface area contributed by atoms with Crippen molar-refractivity contribution in [3.63, 3.8) is 0 Å². The van der Waals surface area contributed by atoms with Gasteiger partial charge in [-0.3, -0.25) is 4.79 Å². The van der Waals surface area contributed by atoms with Crippen molar-refractivity contribution in [2.24, 2.45) is 0 Å². The van der Waals surface area contributed by atoms with E-state index in [4.69, 9.17) is 0 Å². The third kappa shape index (κ3) is 2.02. The second kappa shape index (κ2) is 3.80. The van der Waals surface area contributed by atoms with Crippen LogP contribution >= 0.6 is 24.8 Å². The van der Waals surface area contributed by atoms with Gasteiger partial charge in [0.25, 0.3) is 0 Å². The molecule has 0 aliphatic carbocycles. The molecule has 1 aromatic rings. The lowest BCUT2D eigenvalue weighted by molar-refractivity contribution is -0.114. The molecular formula is C7H8N2O2S2. The lowest BCUT2D eigenvalue weighted by Gasteiger charge is -1.99. The minimum absolute atomic E-state index is 0.142. The van der Waals surface area contributed by atoms with Gasteiger partial charge in [-0.15, -0.1) is 12.6 Å². The van der Waals surface area contributed by atoms with E-state index in [0.29, 0.717) is 10.6 Å². The zero-order valence-corrected chi connectivity index (χ0v) is 8.50. The fourth-order valence-electron chi connectivity index (χ4n) is 0.876. The number of aromatic hydroxyl groups is 1. The summed E-state index contributed by atoms with van der Waals surface area (Å²) >= 11 is 8.75. The van der Waals surface area contributed by atoms with Crippen LogP contribution in [0, 0.1) is 0 Å². The largest absolute Gasteiger partial charge is 0.493 e. The molecule has 13 heavy (non-hydrogen) atoms. The van der Waals surface area contributed by atoms with Gasteiger partial charge in [0.05, 0.1) is 10.6 Å². The van der Waals surface area contributed by atoms with Crippen LogP contribution in [0.15, 0.2) is 4.90 Å². The van der Waals surface area contributed by atoms with Gasteiger partial charge in [-0.05, 0) is 0 Å². The van der Waals surface area contributed by atoms with Gasteiger partial charge in [-0.1, -0.05) is 12.2 Å². The molecule has 0 aliphatic heterocycles. The van der Waals surface area contributed by atoms with Crippen LogP contribution in [0.5, 0.6) is 5.88 Å². The summed E-state index contributed by atoms with van der Waals surface area (Å²) in [4.78, 5) is 13.7. The fraction of sp³-hybridized carbons (Fsp3) is 0.143. The Hall–Kier alpha value is -1.01. The van der Waals surface area contributed by atoms with Crippen molar-refractivity contribution < 1.29 is 9.90 Å². The molecule has 0 aromatic carbocycles. The molecule has 0 aliphatic rings. The average molecular weight is 216 g/mol. The van der Waals surface area contributed by atoms with E-state index in [1.807, 2.05) is 0 Å². The van der Waals surface area contributed by atoms with Crippen molar-refractivity contribution in [1.29, 1.82) is 0 Å². The molecule has 1 amide bonds. The second-order valence-corrected chi connectivity index (χ2v) is 3.09. The minimum Gasteiger partial charge on any atom is -0.493 e. The molecule has 0 atom stereocenters. The van der Waals surface area contributed by atoms with Gasteiger partial charge in [-0.2, -0.15) is 0 Å². The zero-order valence-electron chi connectivity index (χ0n) is 6.79. The Kier molecular flexibility index (Phi) is 2.94. The number of H-pyrrole nitrogens is 1. The number of nitrogens with one attached hydrogen (secondary N) is 2. The Morgan fingerprint density at radius 1 is 1.77 bits per heavy atom. The van der Waals surface area contributed by atoms with E-state index in [1.54, 1.807) is 0 Å². The number of hydrogen-bond acceptors (Lipinski definition) is 4. The third-order valence-corrected chi connectivity index (χ3v) is 2.10. The molecule has 3 N–H and O–H groups in total. The second-order valence-electron chi connectivity index (χ2n) is 2.41. The molecule has 0 saturated carbocycles. The van der Waals surface area contributed by atoms with E-state index < -0.39 is 0 Å². The molecular weight excluding hydrogens is 208 g/mol. The number of thiocarbonyl (C=S) groups is 1. The predicted molar refractivity (Wildman–Crippen MR) is 56.8 cm³/mol. The highest BCUT2D eigenvalue weighted by Gasteiger charge is 2.13. The van der Waals surface area contributed by atoms with Gasteiger partial charge in [-0.25, -0.2) is 0 Å². The summed E-state index contributed by atoms with van der Waals surface area (Å²) in [5.74, 6) is -0.420. The summed E-state index contributed by atoms with van der Waals surface area (Å²) in [5.41, 5.74) is 0.756. The lowest BCUT2D eigenvalue weighted by Crippen LogP contribution is -2.05. The van der Waals surface area contributed by atoms with Crippen molar-refractivity contribution in [3.8, 4) is 5.88 Å². The summed E-state index contributed by atoms with van der Waals surface area (Å²) in [6.45, 7) is 1.34. The quantitative estimate of drug-likeness (QED) is 0.445. The van der Waals surface area contributed by atoms with E-state index >= 15 is 0 Å². The number of amides is 1. The number of carbonyl (C=O) groups is 1. The minimum atomic E-state index is -0.277. The van der Waals surface area contributed by atoms with E-state index in [-0.39, 0.29) is 17.5 Å². The normalized spacial score (nSPS) is 9.69. The van der Waals surface area contributed by atoms with Crippen molar-refractivity contribution in [2.75, 3.05) is 5.32 Å². The molecule has 0 fully saturated rings. The van der Waals surface area contributed by atoms with Crippen molar-refractivity contribution >= 4 is 41.8 Å².